The van der Waals surface area contributed by atoms with Crippen molar-refractivity contribution in [2.75, 3.05) is 34.0 Å². The highest BCUT2D eigenvalue weighted by atomic mass is 16.5. The van der Waals surface area contributed by atoms with E-state index in [1.54, 1.807) is 14.2 Å². The summed E-state index contributed by atoms with van der Waals surface area (Å²) in [4.78, 5) is 12.8. The van der Waals surface area contributed by atoms with Crippen molar-refractivity contribution in [1.82, 2.24) is 0 Å². The van der Waals surface area contributed by atoms with Gasteiger partial charge in [-0.3, -0.25) is 5.73 Å². The number of aliphatic carboxylic acids is 1. The molecule has 0 amide bonds. The lowest BCUT2D eigenvalue weighted by Crippen LogP contribution is -3.01. The van der Waals surface area contributed by atoms with Gasteiger partial charge in [0.15, 0.2) is 0 Å². The topological polar surface area (TPSA) is 217 Å². The van der Waals surface area contributed by atoms with Crippen molar-refractivity contribution in [3.63, 3.8) is 0 Å². The van der Waals surface area contributed by atoms with Gasteiger partial charge in [-0.1, -0.05) is 12.2 Å². The standard InChI is InChI=1S/C40H69N3O10/c1-22-10-13-40(28(7-8-29(40)39(48)49)24-11-14-42-36(41)19-24)35(43-22)21-52-34-18-25(17-33(51-3)37(34)47)38-27(12-15-44)31(46)20-26(53-38)6-4-23-5-9-30(45)32(16-23)50-2/h7-8,22-38,42-47H,4-6,9-21,41H2,1-3H3,(H,48,49)/p+1/t22-,23?,24?,25?,26-,27-,28-,29-,30?,31-,32?,33?,34?,35+,36?,37?,38-,40+/m0/s1. The number of hydrogen-bond acceptors (Lipinski definition) is 11. The second kappa shape index (κ2) is 18.4. The van der Waals surface area contributed by atoms with Crippen LogP contribution in [0.15, 0.2) is 12.2 Å². The maximum atomic E-state index is 12.8. The molecule has 1 spiro atoms. The van der Waals surface area contributed by atoms with E-state index in [4.69, 9.17) is 24.7 Å². The summed E-state index contributed by atoms with van der Waals surface area (Å²) in [6, 6.07) is 0.130. The molecule has 6 aliphatic rings. The van der Waals surface area contributed by atoms with Crippen LogP contribution in [0.3, 0.4) is 0 Å². The fourth-order valence-electron chi connectivity index (χ4n) is 11.9. The predicted octanol–water partition coefficient (Wildman–Crippen LogP) is -1.46. The molecule has 3 saturated heterocycles. The number of piperidine rings is 2. The summed E-state index contributed by atoms with van der Waals surface area (Å²) in [6.45, 7) is 3.32. The SMILES string of the molecule is COC1CC(CC[C@H]2C[C@H](O)[C@H](CCO)[C@H](C3CC(OC)C(O)C(OC[C@H]4[NH2+][C@@H](C)CC[C@@]45[C@H](C(=O)[O-])C=C[C@H]5C4CC[NH2+]C(N)C4)C3)O2)CCC1O. The predicted molar refractivity (Wildman–Crippen MR) is 193 cm³/mol. The van der Waals surface area contributed by atoms with Gasteiger partial charge >= 0.3 is 0 Å². The third-order valence-corrected chi connectivity index (χ3v) is 14.7. The first-order valence-electron chi connectivity index (χ1n) is 20.8. The second-order valence-electron chi connectivity index (χ2n) is 17.8. The Labute approximate surface area is 315 Å². The average Bonchev–Trinajstić information content (AvgIpc) is 3.53. The summed E-state index contributed by atoms with van der Waals surface area (Å²) in [5.74, 6) is -1.38. The summed E-state index contributed by atoms with van der Waals surface area (Å²) in [5.41, 5.74) is 5.83. The Morgan fingerprint density at radius 2 is 1.70 bits per heavy atom. The fraction of sp³-hybridized carbons (Fsp3) is 0.925. The second-order valence-corrected chi connectivity index (χ2v) is 17.8. The molecule has 9 unspecified atom stereocenters. The molecule has 304 valence electrons. The van der Waals surface area contributed by atoms with Crippen molar-refractivity contribution in [3.8, 4) is 0 Å². The van der Waals surface area contributed by atoms with Gasteiger partial charge in [-0.2, -0.15) is 0 Å². The molecule has 0 aromatic heterocycles. The van der Waals surface area contributed by atoms with Crippen LogP contribution in [-0.4, -0.2) is 127 Å². The summed E-state index contributed by atoms with van der Waals surface area (Å²) in [5, 5.41) is 60.7. The van der Waals surface area contributed by atoms with Crippen molar-refractivity contribution < 1.29 is 59.9 Å². The number of carboxylic acid groups (broad SMARTS) is 1. The normalized spacial score (nSPS) is 47.9. The van der Waals surface area contributed by atoms with Crippen molar-refractivity contribution in [2.45, 2.75) is 157 Å². The third-order valence-electron chi connectivity index (χ3n) is 14.7. The summed E-state index contributed by atoms with van der Waals surface area (Å²) in [7, 11) is 3.25. The van der Waals surface area contributed by atoms with Crippen LogP contribution in [0.25, 0.3) is 0 Å². The molecule has 10 N–H and O–H groups in total. The van der Waals surface area contributed by atoms with E-state index in [9.17, 15) is 30.3 Å². The average molecular weight is 753 g/mol. The Morgan fingerprint density at radius 1 is 0.925 bits per heavy atom. The van der Waals surface area contributed by atoms with Gasteiger partial charge in [0.25, 0.3) is 0 Å². The van der Waals surface area contributed by atoms with E-state index in [1.807, 2.05) is 6.08 Å². The molecule has 5 fully saturated rings. The first kappa shape index (κ1) is 41.4. The molecule has 13 nitrogen and oxygen atoms in total. The van der Waals surface area contributed by atoms with Crippen LogP contribution in [-0.2, 0) is 23.7 Å². The number of carbonyl (C=O) groups is 1. The van der Waals surface area contributed by atoms with E-state index in [0.717, 1.165) is 64.3 Å². The molecule has 3 aliphatic carbocycles. The smallest absolute Gasteiger partial charge is 0.137 e. The van der Waals surface area contributed by atoms with Gasteiger partial charge < -0.3 is 59.9 Å². The number of ether oxygens (including phenoxy) is 4. The lowest BCUT2D eigenvalue weighted by Gasteiger charge is -2.52. The highest BCUT2D eigenvalue weighted by Gasteiger charge is 2.59. The molecular formula is C40H70N3O10+. The van der Waals surface area contributed by atoms with Gasteiger partial charge in [-0.15, -0.1) is 0 Å². The Bertz CT molecular complexity index is 1210. The van der Waals surface area contributed by atoms with Gasteiger partial charge in [0.2, 0.25) is 0 Å². The molecule has 0 aromatic carbocycles. The number of quaternary nitrogens is 2. The molecule has 2 saturated carbocycles. The Morgan fingerprint density at radius 3 is 2.42 bits per heavy atom. The highest BCUT2D eigenvalue weighted by Crippen LogP contribution is 2.54. The summed E-state index contributed by atoms with van der Waals surface area (Å²) >= 11 is 0. The van der Waals surface area contributed by atoms with Crippen LogP contribution in [0.1, 0.15) is 90.4 Å². The minimum Gasteiger partial charge on any atom is -0.549 e. The van der Waals surface area contributed by atoms with Crippen LogP contribution in [0, 0.1) is 40.9 Å². The van der Waals surface area contributed by atoms with Crippen LogP contribution in [0.2, 0.25) is 0 Å². The Kier molecular flexibility index (Phi) is 14.3. The summed E-state index contributed by atoms with van der Waals surface area (Å²) in [6.07, 6.45) is 9.91. The molecule has 0 bridgehead atoms. The highest BCUT2D eigenvalue weighted by molar-refractivity contribution is 5.72. The number of hydrogen-bond donors (Lipinski definition) is 7. The minimum atomic E-state index is -1.04. The lowest BCUT2D eigenvalue weighted by atomic mass is 9.57. The van der Waals surface area contributed by atoms with E-state index in [-0.39, 0.29) is 67.4 Å². The number of carbonyl (C=O) groups excluding carboxylic acids is 1. The van der Waals surface area contributed by atoms with Crippen LogP contribution >= 0.6 is 0 Å². The monoisotopic (exact) mass is 753 g/mol. The van der Waals surface area contributed by atoms with E-state index in [1.165, 1.54) is 0 Å². The van der Waals surface area contributed by atoms with Crippen molar-refractivity contribution >= 4 is 5.97 Å². The fourth-order valence-corrected chi connectivity index (χ4v) is 11.9. The molecule has 18 atom stereocenters. The van der Waals surface area contributed by atoms with Gasteiger partial charge in [0, 0.05) is 56.9 Å². The Hall–Kier alpha value is -1.23. The number of allylic oxidation sites excluding steroid dienone is 1. The largest absolute Gasteiger partial charge is 0.549 e. The zero-order valence-corrected chi connectivity index (χ0v) is 32.3. The van der Waals surface area contributed by atoms with Gasteiger partial charge in [0.05, 0.1) is 61.9 Å². The lowest BCUT2D eigenvalue weighted by molar-refractivity contribution is -0.746. The number of methoxy groups -OCH3 is 2. The van der Waals surface area contributed by atoms with Gasteiger partial charge in [0.1, 0.15) is 18.3 Å². The van der Waals surface area contributed by atoms with Crippen molar-refractivity contribution in [1.29, 1.82) is 0 Å². The van der Waals surface area contributed by atoms with E-state index in [2.05, 4.69) is 23.6 Å². The number of nitrogens with two attached hydrogens (primary N) is 3. The molecule has 13 heteroatoms. The Balaban J connectivity index is 1.18. The zero-order valence-electron chi connectivity index (χ0n) is 32.3. The van der Waals surface area contributed by atoms with Gasteiger partial charge in [-0.25, -0.2) is 0 Å². The first-order valence-corrected chi connectivity index (χ1v) is 20.8. The van der Waals surface area contributed by atoms with Gasteiger partial charge in [-0.05, 0) is 101 Å². The minimum absolute atomic E-state index is 0.00164. The molecular weight excluding hydrogens is 682 g/mol. The number of aliphatic hydroxyl groups excluding tert-OH is 4. The maximum Gasteiger partial charge on any atom is 0.137 e. The first-order chi connectivity index (χ1) is 25.5. The molecule has 0 aromatic rings. The molecule has 3 aliphatic heterocycles. The molecule has 53 heavy (non-hydrogen) atoms. The molecule has 3 heterocycles. The summed E-state index contributed by atoms with van der Waals surface area (Å²) < 4.78 is 25.1. The molecule has 6 rings (SSSR count). The molecule has 0 radical (unpaired) electrons. The number of aliphatic hydroxyl groups is 4. The number of carboxylic acids is 1. The zero-order chi connectivity index (χ0) is 37.9. The van der Waals surface area contributed by atoms with Crippen molar-refractivity contribution in [2.24, 2.45) is 46.7 Å². The third kappa shape index (κ3) is 9.01. The van der Waals surface area contributed by atoms with Crippen LogP contribution in [0.4, 0.5) is 0 Å². The van der Waals surface area contributed by atoms with E-state index < -0.39 is 47.8 Å². The van der Waals surface area contributed by atoms with Crippen molar-refractivity contribution in [3.05, 3.63) is 12.2 Å². The van der Waals surface area contributed by atoms with Crippen LogP contribution in [0.5, 0.6) is 0 Å². The van der Waals surface area contributed by atoms with E-state index >= 15 is 0 Å². The maximum absolute atomic E-state index is 12.8. The van der Waals surface area contributed by atoms with E-state index in [0.29, 0.717) is 37.6 Å². The quantitative estimate of drug-likeness (QED) is 0.108. The number of rotatable bonds is 13. The van der Waals surface area contributed by atoms with Crippen LogP contribution < -0.4 is 21.5 Å².